The predicted octanol–water partition coefficient (Wildman–Crippen LogP) is 4.01. The molecule has 0 saturated heterocycles. The van der Waals surface area contributed by atoms with Gasteiger partial charge in [0.2, 0.25) is 0 Å². The lowest BCUT2D eigenvalue weighted by Gasteiger charge is -2.16. The number of methoxy groups -OCH3 is 1. The first-order valence-electron chi connectivity index (χ1n) is 10.1. The van der Waals surface area contributed by atoms with Gasteiger partial charge in [0, 0.05) is 18.8 Å². The molecule has 6 heteroatoms. The molecule has 3 rings (SSSR count). The number of ether oxygens (including phenoxy) is 2. The molecule has 1 aliphatic rings. The molecule has 1 N–H and O–H groups in total. The SMILES string of the molecule is COc1ccc(C2=C(Nc3ccc(C)cc3)C(=O)N(CCCOC(C)C)C2=O)cc1. The highest BCUT2D eigenvalue weighted by atomic mass is 16.5. The largest absolute Gasteiger partial charge is 0.497 e. The van der Waals surface area contributed by atoms with Gasteiger partial charge in [-0.2, -0.15) is 0 Å². The highest BCUT2D eigenvalue weighted by Gasteiger charge is 2.38. The molecular weight excluding hydrogens is 380 g/mol. The quantitative estimate of drug-likeness (QED) is 0.502. The van der Waals surface area contributed by atoms with E-state index in [0.717, 1.165) is 11.3 Å². The van der Waals surface area contributed by atoms with Crippen LogP contribution in [0.3, 0.4) is 0 Å². The lowest BCUT2D eigenvalue weighted by molar-refractivity contribution is -0.137. The van der Waals surface area contributed by atoms with Gasteiger partial charge in [0.25, 0.3) is 11.8 Å². The number of carbonyl (C=O) groups excluding carboxylic acids is 2. The van der Waals surface area contributed by atoms with Crippen LogP contribution in [0.2, 0.25) is 0 Å². The number of hydrogen-bond donors (Lipinski definition) is 1. The van der Waals surface area contributed by atoms with Crippen LogP contribution in [-0.2, 0) is 14.3 Å². The van der Waals surface area contributed by atoms with Crippen LogP contribution in [-0.4, -0.2) is 43.1 Å². The van der Waals surface area contributed by atoms with Crippen molar-refractivity contribution in [3.05, 3.63) is 65.4 Å². The van der Waals surface area contributed by atoms with Crippen LogP contribution in [0.5, 0.6) is 5.75 Å². The second-order valence-electron chi connectivity index (χ2n) is 7.50. The third kappa shape index (κ3) is 4.89. The summed E-state index contributed by atoms with van der Waals surface area (Å²) in [5, 5.41) is 3.17. The molecular formula is C24H28N2O4. The number of nitrogens with one attached hydrogen (secondary N) is 1. The van der Waals surface area contributed by atoms with Gasteiger partial charge in [-0.3, -0.25) is 14.5 Å². The van der Waals surface area contributed by atoms with Gasteiger partial charge in [0.05, 0.1) is 18.8 Å². The van der Waals surface area contributed by atoms with Gasteiger partial charge in [-0.05, 0) is 57.0 Å². The number of nitrogens with zero attached hydrogens (tertiary/aromatic N) is 1. The summed E-state index contributed by atoms with van der Waals surface area (Å²) in [6.45, 7) is 6.71. The molecule has 0 aliphatic carbocycles. The zero-order chi connectivity index (χ0) is 21.7. The average molecular weight is 408 g/mol. The van der Waals surface area contributed by atoms with Crippen LogP contribution < -0.4 is 10.1 Å². The van der Waals surface area contributed by atoms with Gasteiger partial charge >= 0.3 is 0 Å². The number of hydrogen-bond acceptors (Lipinski definition) is 5. The Morgan fingerprint density at radius 2 is 1.63 bits per heavy atom. The molecule has 0 unspecified atom stereocenters. The summed E-state index contributed by atoms with van der Waals surface area (Å²) in [6, 6.07) is 14.8. The predicted molar refractivity (Wildman–Crippen MR) is 117 cm³/mol. The minimum atomic E-state index is -0.323. The van der Waals surface area contributed by atoms with E-state index in [1.807, 2.05) is 45.0 Å². The fourth-order valence-corrected chi connectivity index (χ4v) is 3.24. The van der Waals surface area contributed by atoms with Gasteiger partial charge in [0.15, 0.2) is 0 Å². The van der Waals surface area contributed by atoms with Crippen molar-refractivity contribution < 1.29 is 19.1 Å². The van der Waals surface area contributed by atoms with E-state index < -0.39 is 0 Å². The Labute approximate surface area is 177 Å². The first-order chi connectivity index (χ1) is 14.4. The molecule has 6 nitrogen and oxygen atoms in total. The molecule has 0 radical (unpaired) electrons. The van der Waals surface area contributed by atoms with Crippen molar-refractivity contribution in [2.75, 3.05) is 25.6 Å². The van der Waals surface area contributed by atoms with Crippen molar-refractivity contribution >= 4 is 23.1 Å². The van der Waals surface area contributed by atoms with Gasteiger partial charge in [-0.1, -0.05) is 29.8 Å². The number of rotatable bonds is 9. The fraction of sp³-hybridized carbons (Fsp3) is 0.333. The topological polar surface area (TPSA) is 67.9 Å². The fourth-order valence-electron chi connectivity index (χ4n) is 3.24. The smallest absolute Gasteiger partial charge is 0.278 e. The first kappa shape index (κ1) is 21.6. The van der Waals surface area contributed by atoms with E-state index in [2.05, 4.69) is 5.32 Å². The van der Waals surface area contributed by atoms with E-state index >= 15 is 0 Å². The van der Waals surface area contributed by atoms with E-state index in [1.54, 1.807) is 31.4 Å². The molecule has 0 saturated carbocycles. The van der Waals surface area contributed by atoms with Gasteiger partial charge in [-0.15, -0.1) is 0 Å². The van der Waals surface area contributed by atoms with Crippen LogP contribution in [0.15, 0.2) is 54.2 Å². The Kier molecular flexibility index (Phi) is 6.90. The maximum absolute atomic E-state index is 13.2. The maximum atomic E-state index is 13.2. The molecule has 0 atom stereocenters. The summed E-state index contributed by atoms with van der Waals surface area (Å²) in [5.41, 5.74) is 3.20. The molecule has 2 aromatic rings. The van der Waals surface area contributed by atoms with Crippen molar-refractivity contribution in [1.29, 1.82) is 0 Å². The highest BCUT2D eigenvalue weighted by molar-refractivity contribution is 6.36. The van der Waals surface area contributed by atoms with Gasteiger partial charge in [-0.25, -0.2) is 0 Å². The van der Waals surface area contributed by atoms with Crippen LogP contribution in [0.25, 0.3) is 5.57 Å². The van der Waals surface area contributed by atoms with E-state index in [4.69, 9.17) is 9.47 Å². The van der Waals surface area contributed by atoms with Crippen LogP contribution in [0.4, 0.5) is 5.69 Å². The van der Waals surface area contributed by atoms with E-state index in [1.165, 1.54) is 4.90 Å². The van der Waals surface area contributed by atoms with E-state index in [9.17, 15) is 9.59 Å². The van der Waals surface area contributed by atoms with Crippen molar-refractivity contribution in [2.45, 2.75) is 33.3 Å². The van der Waals surface area contributed by atoms with Crippen molar-refractivity contribution in [3.63, 3.8) is 0 Å². The zero-order valence-electron chi connectivity index (χ0n) is 17.9. The highest BCUT2D eigenvalue weighted by Crippen LogP contribution is 2.31. The molecule has 30 heavy (non-hydrogen) atoms. The summed E-state index contributed by atoms with van der Waals surface area (Å²) in [4.78, 5) is 27.6. The lowest BCUT2D eigenvalue weighted by atomic mass is 10.0. The number of carbonyl (C=O) groups is 2. The molecule has 0 aromatic heterocycles. The molecule has 0 fully saturated rings. The minimum absolute atomic E-state index is 0.113. The standard InChI is InChI=1S/C24H28N2O4/c1-16(2)30-15-5-14-26-23(27)21(18-8-12-20(29-4)13-9-18)22(24(26)28)25-19-10-6-17(3)7-11-19/h6-13,16,25H,5,14-15H2,1-4H3. The summed E-state index contributed by atoms with van der Waals surface area (Å²) in [6.07, 6.45) is 0.699. The minimum Gasteiger partial charge on any atom is -0.497 e. The Morgan fingerprint density at radius 3 is 2.23 bits per heavy atom. The monoisotopic (exact) mass is 408 g/mol. The second-order valence-corrected chi connectivity index (χ2v) is 7.50. The molecule has 2 aromatic carbocycles. The molecule has 0 bridgehead atoms. The van der Waals surface area contributed by atoms with E-state index in [0.29, 0.717) is 42.2 Å². The van der Waals surface area contributed by atoms with Crippen LogP contribution in [0, 0.1) is 6.92 Å². The number of benzene rings is 2. The molecule has 158 valence electrons. The van der Waals surface area contributed by atoms with Crippen LogP contribution >= 0.6 is 0 Å². The zero-order valence-corrected chi connectivity index (χ0v) is 17.9. The Morgan fingerprint density at radius 1 is 0.967 bits per heavy atom. The lowest BCUT2D eigenvalue weighted by Crippen LogP contribution is -2.34. The molecule has 2 amide bonds. The van der Waals surface area contributed by atoms with E-state index in [-0.39, 0.29) is 17.9 Å². The maximum Gasteiger partial charge on any atom is 0.278 e. The number of anilines is 1. The average Bonchev–Trinajstić information content (AvgIpc) is 2.96. The first-order valence-corrected chi connectivity index (χ1v) is 10.1. The van der Waals surface area contributed by atoms with Crippen LogP contribution in [0.1, 0.15) is 31.4 Å². The molecule has 0 spiro atoms. The summed E-state index contributed by atoms with van der Waals surface area (Å²) < 4.78 is 10.8. The number of amides is 2. The van der Waals surface area contributed by atoms with Crippen molar-refractivity contribution in [1.82, 2.24) is 4.90 Å². The number of imide groups is 1. The third-order valence-corrected chi connectivity index (χ3v) is 4.84. The third-order valence-electron chi connectivity index (χ3n) is 4.84. The second kappa shape index (κ2) is 9.59. The van der Waals surface area contributed by atoms with Gasteiger partial charge < -0.3 is 14.8 Å². The Bertz CT molecular complexity index is 931. The summed E-state index contributed by atoms with van der Waals surface area (Å²) in [5.74, 6) is 0.0621. The summed E-state index contributed by atoms with van der Waals surface area (Å²) in [7, 11) is 1.59. The number of aryl methyl sites for hydroxylation is 1. The summed E-state index contributed by atoms with van der Waals surface area (Å²) >= 11 is 0. The van der Waals surface area contributed by atoms with Crippen molar-refractivity contribution in [3.8, 4) is 5.75 Å². The molecule has 1 aliphatic heterocycles. The Hall–Kier alpha value is -3.12. The van der Waals surface area contributed by atoms with Crippen molar-refractivity contribution in [2.24, 2.45) is 0 Å². The molecule has 1 heterocycles. The van der Waals surface area contributed by atoms with Gasteiger partial charge in [0.1, 0.15) is 11.4 Å². The Balaban J connectivity index is 1.89. The normalized spacial score (nSPS) is 14.1.